The Kier molecular flexibility index (Phi) is 3.67. The zero-order chi connectivity index (χ0) is 8.85. The fourth-order valence-electron chi connectivity index (χ4n) is 0.520. The van der Waals surface area contributed by atoms with Gasteiger partial charge in [0.15, 0.2) is 0 Å². The molecule has 0 aliphatic carbocycles. The summed E-state index contributed by atoms with van der Waals surface area (Å²) in [5, 5.41) is 0. The normalized spacial score (nSPS) is 10.4. The molecule has 0 heterocycles. The molecule has 0 aliphatic rings. The van der Waals surface area contributed by atoms with Crippen LogP contribution in [0.4, 0.5) is 0 Å². The van der Waals surface area contributed by atoms with Gasteiger partial charge in [-0.1, -0.05) is 25.8 Å². The lowest BCUT2D eigenvalue weighted by Gasteiger charge is -1.98. The van der Waals surface area contributed by atoms with E-state index in [1.165, 1.54) is 0 Å². The van der Waals surface area contributed by atoms with Gasteiger partial charge in [0.2, 0.25) is 0 Å². The van der Waals surface area contributed by atoms with Crippen molar-refractivity contribution < 1.29 is 0 Å². The minimum Gasteiger partial charge on any atom is -0.399 e. The Morgan fingerprint density at radius 3 is 2.18 bits per heavy atom. The number of nitrogens with two attached hydrogens (primary N) is 1. The second-order valence-corrected chi connectivity index (χ2v) is 1.99. The summed E-state index contributed by atoms with van der Waals surface area (Å²) < 4.78 is 0. The number of nitrogens with zero attached hydrogens (tertiary/aromatic N) is 1. The molecule has 0 aromatic rings. The van der Waals surface area contributed by atoms with Crippen LogP contribution >= 0.6 is 0 Å². The van der Waals surface area contributed by atoms with Crippen LogP contribution in [0.1, 0.15) is 0 Å². The number of aliphatic imine (C=N–C) groups is 1. The van der Waals surface area contributed by atoms with Gasteiger partial charge in [-0.2, -0.15) is 0 Å². The highest BCUT2D eigenvalue weighted by Gasteiger charge is 1.93. The van der Waals surface area contributed by atoms with E-state index in [2.05, 4.69) is 31.4 Å². The molecule has 0 aromatic carbocycles. The van der Waals surface area contributed by atoms with Crippen molar-refractivity contribution in [3.05, 3.63) is 48.9 Å². The number of allylic oxidation sites excluding steroid dienone is 2. The van der Waals surface area contributed by atoms with Crippen LogP contribution in [0.2, 0.25) is 0 Å². The lowest BCUT2D eigenvalue weighted by atomic mass is 10.2. The van der Waals surface area contributed by atoms with Gasteiger partial charge in [0.05, 0.1) is 5.70 Å². The average Bonchev–Trinajstić information content (AvgIpc) is 1.98. The molecule has 2 N–H and O–H groups in total. The lowest BCUT2D eigenvalue weighted by Crippen LogP contribution is -1.92. The summed E-state index contributed by atoms with van der Waals surface area (Å²) in [4.78, 5) is 3.70. The molecule has 2 heteroatoms. The fraction of sp³-hybridized carbons (Fsp3) is 0. The molecule has 11 heavy (non-hydrogen) atoms. The Labute approximate surface area is 67.1 Å². The predicted molar refractivity (Wildman–Crippen MR) is 50.3 cm³/mol. The van der Waals surface area contributed by atoms with Crippen molar-refractivity contribution in [3.63, 3.8) is 0 Å². The Morgan fingerprint density at radius 1 is 1.36 bits per heavy atom. The minimum atomic E-state index is 0.426. The monoisotopic (exact) mass is 148 g/mol. The molecule has 0 atom stereocenters. The van der Waals surface area contributed by atoms with Gasteiger partial charge in [-0.05, 0) is 18.4 Å². The van der Waals surface area contributed by atoms with Gasteiger partial charge in [-0.15, -0.1) is 0 Å². The summed E-state index contributed by atoms with van der Waals surface area (Å²) >= 11 is 0. The van der Waals surface area contributed by atoms with Gasteiger partial charge in [0.1, 0.15) is 0 Å². The van der Waals surface area contributed by atoms with E-state index in [0.717, 1.165) is 0 Å². The highest BCUT2D eigenvalue weighted by atomic mass is 14.7. The molecule has 0 unspecified atom stereocenters. The highest BCUT2D eigenvalue weighted by Crippen LogP contribution is 2.09. The standard InChI is InChI=1S/C9H12N2/c1-5-7(2)9(11-4)6-8(3)10/h5-6H,1-4,10H2/b9-6-. The van der Waals surface area contributed by atoms with Crippen LogP contribution in [0.25, 0.3) is 0 Å². The van der Waals surface area contributed by atoms with E-state index in [1.54, 1.807) is 12.2 Å². The molecule has 0 spiro atoms. The van der Waals surface area contributed by atoms with E-state index in [4.69, 9.17) is 5.73 Å². The van der Waals surface area contributed by atoms with Crippen molar-refractivity contribution in [1.29, 1.82) is 0 Å². The van der Waals surface area contributed by atoms with Gasteiger partial charge < -0.3 is 5.73 Å². The second kappa shape index (κ2) is 4.28. The van der Waals surface area contributed by atoms with Gasteiger partial charge in [-0.25, -0.2) is 0 Å². The van der Waals surface area contributed by atoms with Crippen molar-refractivity contribution in [2.75, 3.05) is 0 Å². The third-order valence-electron chi connectivity index (χ3n) is 1.07. The van der Waals surface area contributed by atoms with E-state index >= 15 is 0 Å². The molecular weight excluding hydrogens is 136 g/mol. The van der Waals surface area contributed by atoms with E-state index in [9.17, 15) is 0 Å². The van der Waals surface area contributed by atoms with Crippen molar-refractivity contribution in [1.82, 2.24) is 0 Å². The lowest BCUT2D eigenvalue weighted by molar-refractivity contribution is 1.33. The van der Waals surface area contributed by atoms with Crippen molar-refractivity contribution in [2.24, 2.45) is 10.7 Å². The maximum Gasteiger partial charge on any atom is 0.0708 e. The van der Waals surface area contributed by atoms with Crippen molar-refractivity contribution in [2.45, 2.75) is 0 Å². The van der Waals surface area contributed by atoms with Crippen LogP contribution in [-0.4, -0.2) is 6.72 Å². The summed E-state index contributed by atoms with van der Waals surface area (Å²) in [6, 6.07) is 0. The van der Waals surface area contributed by atoms with Crippen molar-refractivity contribution in [3.8, 4) is 0 Å². The maximum absolute atomic E-state index is 5.33. The van der Waals surface area contributed by atoms with Crippen LogP contribution in [0.5, 0.6) is 0 Å². The SMILES string of the molecule is C=CC(=C)/C(=C/C(=C)N)N=C. The smallest absolute Gasteiger partial charge is 0.0708 e. The van der Waals surface area contributed by atoms with Crippen LogP contribution in [0.3, 0.4) is 0 Å². The van der Waals surface area contributed by atoms with E-state index in [0.29, 0.717) is 17.0 Å². The third kappa shape index (κ3) is 3.20. The van der Waals surface area contributed by atoms with E-state index in [1.807, 2.05) is 0 Å². The molecule has 0 aliphatic heterocycles. The van der Waals surface area contributed by atoms with E-state index < -0.39 is 0 Å². The first kappa shape index (κ1) is 9.43. The second-order valence-electron chi connectivity index (χ2n) is 1.99. The molecular formula is C9H12N2. The summed E-state index contributed by atoms with van der Waals surface area (Å²) in [5.74, 6) is 0. The summed E-state index contributed by atoms with van der Waals surface area (Å²) in [6.45, 7) is 14.1. The molecule has 0 rings (SSSR count). The van der Waals surface area contributed by atoms with Crippen LogP contribution in [0, 0.1) is 0 Å². The first-order valence-corrected chi connectivity index (χ1v) is 3.06. The Hall–Kier alpha value is -1.57. The molecule has 0 saturated heterocycles. The van der Waals surface area contributed by atoms with Crippen LogP contribution in [-0.2, 0) is 0 Å². The van der Waals surface area contributed by atoms with Gasteiger partial charge in [0, 0.05) is 5.70 Å². The highest BCUT2D eigenvalue weighted by molar-refractivity contribution is 5.44. The van der Waals surface area contributed by atoms with Gasteiger partial charge in [-0.3, -0.25) is 4.99 Å². The Balaban J connectivity index is 4.65. The average molecular weight is 148 g/mol. The molecule has 0 amide bonds. The Bertz CT molecular complexity index is 234. The summed E-state index contributed by atoms with van der Waals surface area (Å²) in [7, 11) is 0. The predicted octanol–water partition coefficient (Wildman–Crippen LogP) is 1.79. The summed E-state index contributed by atoms with van der Waals surface area (Å²) in [6.07, 6.45) is 3.18. The van der Waals surface area contributed by atoms with E-state index in [-0.39, 0.29) is 0 Å². The minimum absolute atomic E-state index is 0.426. The molecule has 58 valence electrons. The molecule has 0 bridgehead atoms. The maximum atomic E-state index is 5.33. The fourth-order valence-corrected chi connectivity index (χ4v) is 0.520. The largest absolute Gasteiger partial charge is 0.399 e. The number of hydrogen-bond acceptors (Lipinski definition) is 2. The quantitative estimate of drug-likeness (QED) is 0.479. The summed E-state index contributed by atoms with van der Waals surface area (Å²) in [5.41, 5.74) is 7.04. The zero-order valence-electron chi connectivity index (χ0n) is 6.51. The van der Waals surface area contributed by atoms with Crippen LogP contribution in [0.15, 0.2) is 53.8 Å². The number of rotatable bonds is 4. The zero-order valence-corrected chi connectivity index (χ0v) is 6.51. The van der Waals surface area contributed by atoms with Gasteiger partial charge in [0.25, 0.3) is 0 Å². The molecule has 2 nitrogen and oxygen atoms in total. The molecule has 0 saturated carbocycles. The molecule has 0 radical (unpaired) electrons. The molecule has 0 fully saturated rings. The van der Waals surface area contributed by atoms with Crippen molar-refractivity contribution >= 4 is 6.72 Å². The number of hydrogen-bond donors (Lipinski definition) is 1. The topological polar surface area (TPSA) is 38.4 Å². The van der Waals surface area contributed by atoms with Crippen LogP contribution < -0.4 is 5.73 Å². The first-order chi connectivity index (χ1) is 5.11. The first-order valence-electron chi connectivity index (χ1n) is 3.06. The Morgan fingerprint density at radius 2 is 1.91 bits per heavy atom. The molecule has 0 aromatic heterocycles. The third-order valence-corrected chi connectivity index (χ3v) is 1.07. The van der Waals surface area contributed by atoms with Gasteiger partial charge >= 0.3 is 0 Å².